The number of hydrogen-bond acceptors (Lipinski definition) is 9. The Morgan fingerprint density at radius 1 is 0.680 bits per heavy atom. The number of guanidine groups is 2. The Balaban J connectivity index is 3.19. The van der Waals surface area contributed by atoms with Gasteiger partial charge in [-0.15, -0.1) is 0 Å². The van der Waals surface area contributed by atoms with Gasteiger partial charge in [0, 0.05) is 19.5 Å². The Labute approximate surface area is 290 Å². The summed E-state index contributed by atoms with van der Waals surface area (Å²) in [7, 11) is 0. The highest BCUT2D eigenvalue weighted by molar-refractivity contribution is 5.97. The van der Waals surface area contributed by atoms with Crippen LogP contribution in [0.1, 0.15) is 57.9 Å². The molecule has 1 aromatic carbocycles. The third-order valence-electron chi connectivity index (χ3n) is 7.13. The van der Waals surface area contributed by atoms with E-state index in [0.29, 0.717) is 12.0 Å². The first-order valence-corrected chi connectivity index (χ1v) is 16.1. The van der Waals surface area contributed by atoms with Crippen molar-refractivity contribution in [2.24, 2.45) is 44.6 Å². The summed E-state index contributed by atoms with van der Waals surface area (Å²) < 4.78 is 0. The number of carbonyl (C=O) groups is 6. The van der Waals surface area contributed by atoms with Gasteiger partial charge >= 0.3 is 11.9 Å². The van der Waals surface area contributed by atoms with Crippen molar-refractivity contribution < 1.29 is 39.0 Å². The van der Waals surface area contributed by atoms with Crippen LogP contribution in [0.3, 0.4) is 0 Å². The van der Waals surface area contributed by atoms with Crippen LogP contribution in [0.5, 0.6) is 0 Å². The molecule has 0 saturated carbocycles. The smallest absolute Gasteiger partial charge is 0.326 e. The van der Waals surface area contributed by atoms with Gasteiger partial charge in [0.15, 0.2) is 11.9 Å². The predicted octanol–water partition coefficient (Wildman–Crippen LogP) is -2.79. The minimum atomic E-state index is -1.68. The zero-order valence-electron chi connectivity index (χ0n) is 28.3. The number of aliphatic carboxylic acids is 2. The van der Waals surface area contributed by atoms with Gasteiger partial charge in [-0.25, -0.2) is 4.79 Å². The Hall–Kier alpha value is -5.46. The Morgan fingerprint density at radius 2 is 1.16 bits per heavy atom. The zero-order valence-corrected chi connectivity index (χ0v) is 28.3. The topological polar surface area (TPSA) is 346 Å². The van der Waals surface area contributed by atoms with Crippen LogP contribution in [0.25, 0.3) is 0 Å². The van der Waals surface area contributed by atoms with Crippen molar-refractivity contribution >= 4 is 47.5 Å². The lowest BCUT2D eigenvalue weighted by Gasteiger charge is -2.26. The van der Waals surface area contributed by atoms with Crippen LogP contribution in [0.2, 0.25) is 0 Å². The number of hydrogen-bond donors (Lipinski definition) is 11. The average Bonchev–Trinajstić information content (AvgIpc) is 3.02. The molecule has 1 aromatic rings. The fourth-order valence-corrected chi connectivity index (χ4v) is 4.65. The number of rotatable bonds is 23. The number of nitrogens with one attached hydrogen (secondary N) is 4. The molecule has 1 rings (SSSR count). The van der Waals surface area contributed by atoms with Gasteiger partial charge in [-0.2, -0.15) is 0 Å². The summed E-state index contributed by atoms with van der Waals surface area (Å²) in [5, 5.41) is 29.1. The van der Waals surface area contributed by atoms with Crippen molar-refractivity contribution in [3.8, 4) is 0 Å². The Morgan fingerprint density at radius 3 is 1.68 bits per heavy atom. The molecule has 16 N–H and O–H groups in total. The summed E-state index contributed by atoms with van der Waals surface area (Å²) in [4.78, 5) is 84.5. The van der Waals surface area contributed by atoms with Gasteiger partial charge in [0.2, 0.25) is 23.6 Å². The van der Waals surface area contributed by atoms with Crippen LogP contribution >= 0.6 is 0 Å². The van der Waals surface area contributed by atoms with E-state index in [-0.39, 0.29) is 63.0 Å². The number of benzene rings is 1. The van der Waals surface area contributed by atoms with Crippen molar-refractivity contribution in [2.75, 3.05) is 13.1 Å². The summed E-state index contributed by atoms with van der Waals surface area (Å²) in [6, 6.07) is 1.87. The lowest BCUT2D eigenvalue weighted by atomic mass is 10.0. The quantitative estimate of drug-likeness (QED) is 0.0312. The number of amides is 4. The molecule has 278 valence electrons. The van der Waals surface area contributed by atoms with E-state index in [1.165, 1.54) is 0 Å². The Bertz CT molecular complexity index is 1350. The molecule has 5 atom stereocenters. The molecule has 0 aliphatic rings. The van der Waals surface area contributed by atoms with E-state index < -0.39 is 72.2 Å². The maximum absolute atomic E-state index is 13.5. The van der Waals surface area contributed by atoms with E-state index in [4.69, 9.17) is 28.7 Å². The first kappa shape index (κ1) is 42.6. The number of aliphatic imine (C=N–C) groups is 2. The van der Waals surface area contributed by atoms with Gasteiger partial charge in [-0.1, -0.05) is 44.2 Å². The zero-order chi connectivity index (χ0) is 37.8. The molecule has 0 fully saturated rings. The number of carboxylic acids is 2. The minimum Gasteiger partial charge on any atom is -0.481 e. The third-order valence-corrected chi connectivity index (χ3v) is 7.13. The highest BCUT2D eigenvalue weighted by Gasteiger charge is 2.33. The molecule has 0 bridgehead atoms. The lowest BCUT2D eigenvalue weighted by molar-refractivity contribution is -0.143. The highest BCUT2D eigenvalue weighted by Crippen LogP contribution is 2.10. The van der Waals surface area contributed by atoms with Crippen molar-refractivity contribution in [1.82, 2.24) is 21.3 Å². The molecule has 4 amide bonds. The van der Waals surface area contributed by atoms with E-state index in [1.54, 1.807) is 44.2 Å². The molecular weight excluding hydrogens is 654 g/mol. The molecule has 0 heterocycles. The summed E-state index contributed by atoms with van der Waals surface area (Å²) >= 11 is 0. The van der Waals surface area contributed by atoms with E-state index >= 15 is 0 Å². The molecule has 0 spiro atoms. The van der Waals surface area contributed by atoms with E-state index in [1.807, 2.05) is 0 Å². The molecule has 0 aliphatic heterocycles. The van der Waals surface area contributed by atoms with Crippen molar-refractivity contribution in [2.45, 2.75) is 89.0 Å². The van der Waals surface area contributed by atoms with Crippen LogP contribution in [0, 0.1) is 5.92 Å². The molecule has 19 heteroatoms. The van der Waals surface area contributed by atoms with Gasteiger partial charge in [0.05, 0.1) is 12.5 Å². The fourth-order valence-electron chi connectivity index (χ4n) is 4.65. The molecule has 0 radical (unpaired) electrons. The first-order chi connectivity index (χ1) is 23.5. The molecule has 0 unspecified atom stereocenters. The van der Waals surface area contributed by atoms with E-state index in [2.05, 4.69) is 31.3 Å². The summed E-state index contributed by atoms with van der Waals surface area (Å²) in [6.07, 6.45) is -0.0761. The van der Waals surface area contributed by atoms with Crippen molar-refractivity contribution in [3.63, 3.8) is 0 Å². The van der Waals surface area contributed by atoms with Gasteiger partial charge in [0.1, 0.15) is 24.2 Å². The van der Waals surface area contributed by atoms with Crippen LogP contribution in [0.15, 0.2) is 40.3 Å². The number of nitrogens with two attached hydrogens (primary N) is 5. The second-order valence-corrected chi connectivity index (χ2v) is 12.0. The van der Waals surface area contributed by atoms with Crippen LogP contribution in [-0.4, -0.2) is 101 Å². The van der Waals surface area contributed by atoms with Gasteiger partial charge in [-0.3, -0.25) is 34.0 Å². The Kier molecular flexibility index (Phi) is 18.9. The summed E-state index contributed by atoms with van der Waals surface area (Å²) in [5.74, 6) is -6.56. The van der Waals surface area contributed by atoms with Gasteiger partial charge in [-0.05, 0) is 43.6 Å². The summed E-state index contributed by atoms with van der Waals surface area (Å²) in [5.41, 5.74) is 27.8. The second kappa shape index (κ2) is 22.2. The van der Waals surface area contributed by atoms with E-state index in [0.717, 1.165) is 0 Å². The standard InChI is InChI=1S/C31H51N11O8/c1-17(2)14-21(40-25(45)19(32)10-6-12-37-30(33)34)26(46)42-23(16-24(43)44)28(48)41-22(15-18-8-4-3-5-9-18)27(47)39-20(29(49)50)11-7-13-38-31(35)36/h3-5,8-9,17,19-23H,6-7,10-16,32H2,1-2H3,(H,39,47)(H,40,45)(H,41,48)(H,42,46)(H,43,44)(H,49,50)(H4,33,34,37)(H4,35,36,38)/t19-,20-,21-,22-,23-/m0/s1. The number of carbonyl (C=O) groups excluding carboxylic acids is 4. The van der Waals surface area contributed by atoms with Crippen molar-refractivity contribution in [3.05, 3.63) is 35.9 Å². The molecule has 50 heavy (non-hydrogen) atoms. The van der Waals surface area contributed by atoms with E-state index in [9.17, 15) is 39.0 Å². The monoisotopic (exact) mass is 705 g/mol. The van der Waals surface area contributed by atoms with Crippen LogP contribution in [0.4, 0.5) is 0 Å². The average molecular weight is 706 g/mol. The van der Waals surface area contributed by atoms with Gasteiger partial charge in [0.25, 0.3) is 0 Å². The molecule has 19 nitrogen and oxygen atoms in total. The molecule has 0 aliphatic carbocycles. The fraction of sp³-hybridized carbons (Fsp3) is 0.548. The predicted molar refractivity (Wildman–Crippen MR) is 185 cm³/mol. The highest BCUT2D eigenvalue weighted by atomic mass is 16.4. The number of carboxylic acid groups (broad SMARTS) is 2. The first-order valence-electron chi connectivity index (χ1n) is 16.1. The SMILES string of the molecule is CC(C)C[C@H](NC(=O)[C@@H](N)CCCN=C(N)N)C(=O)N[C@@H](CC(=O)O)C(=O)N[C@@H](Cc1ccccc1)C(=O)N[C@@H](CCCN=C(N)N)C(=O)O. The molecular formula is C31H51N11O8. The van der Waals surface area contributed by atoms with Crippen molar-refractivity contribution in [1.29, 1.82) is 0 Å². The molecule has 0 saturated heterocycles. The maximum Gasteiger partial charge on any atom is 0.326 e. The van der Waals surface area contributed by atoms with Crippen LogP contribution in [-0.2, 0) is 35.2 Å². The minimum absolute atomic E-state index is 0.0373. The largest absolute Gasteiger partial charge is 0.481 e. The maximum atomic E-state index is 13.5. The molecule has 0 aromatic heterocycles. The third kappa shape index (κ3) is 17.6. The van der Waals surface area contributed by atoms with Crippen LogP contribution < -0.4 is 49.9 Å². The number of nitrogens with zero attached hydrogens (tertiary/aromatic N) is 2. The summed E-state index contributed by atoms with van der Waals surface area (Å²) in [6.45, 7) is 3.94. The normalized spacial score (nSPS) is 13.8. The lowest BCUT2D eigenvalue weighted by Crippen LogP contribution is -2.59. The van der Waals surface area contributed by atoms with Gasteiger partial charge < -0.3 is 60.1 Å². The second-order valence-electron chi connectivity index (χ2n) is 12.0.